The van der Waals surface area contributed by atoms with E-state index < -0.39 is 0 Å². The van der Waals surface area contributed by atoms with Crippen molar-refractivity contribution in [2.24, 2.45) is 5.92 Å². The largest absolute Gasteiger partial charge is 0.300 e. The van der Waals surface area contributed by atoms with Crippen molar-refractivity contribution >= 4 is 5.78 Å². The molecule has 2 saturated heterocycles. The van der Waals surface area contributed by atoms with E-state index in [1.54, 1.807) is 6.92 Å². The van der Waals surface area contributed by atoms with Crippen molar-refractivity contribution in [1.29, 1.82) is 0 Å². The number of fused-ring (bicyclic) bond motifs is 2. The molecule has 0 spiro atoms. The zero-order valence-electron chi connectivity index (χ0n) is 7.92. The molecule has 0 aromatic carbocycles. The standard InChI is InChI=1S/C10H17NO/c1-7(12)9-5-3-8-4-6-10(9)11(8)2/h8-10H,3-6H2,1-2H3. The molecule has 0 radical (unpaired) electrons. The molecule has 0 aromatic heterocycles. The van der Waals surface area contributed by atoms with Gasteiger partial charge in [0.15, 0.2) is 0 Å². The highest BCUT2D eigenvalue weighted by atomic mass is 16.1. The summed E-state index contributed by atoms with van der Waals surface area (Å²) >= 11 is 0. The topological polar surface area (TPSA) is 20.3 Å². The number of carbonyl (C=O) groups excluding carboxylic acids is 1. The number of hydrogen-bond acceptors (Lipinski definition) is 2. The smallest absolute Gasteiger partial charge is 0.134 e. The average Bonchev–Trinajstić information content (AvgIpc) is 2.32. The molecular formula is C10H17NO. The van der Waals surface area contributed by atoms with Crippen LogP contribution >= 0.6 is 0 Å². The molecule has 3 atom stereocenters. The third kappa shape index (κ3) is 1.09. The van der Waals surface area contributed by atoms with Gasteiger partial charge in [-0.3, -0.25) is 9.69 Å². The van der Waals surface area contributed by atoms with Crippen LogP contribution in [-0.4, -0.2) is 29.8 Å². The molecule has 0 aromatic rings. The first-order valence-electron chi connectivity index (χ1n) is 4.92. The number of nitrogens with zero attached hydrogens (tertiary/aromatic N) is 1. The number of Topliss-reactive ketones (excluding diaryl/α,β-unsaturated/α-hetero) is 1. The summed E-state index contributed by atoms with van der Waals surface area (Å²) in [7, 11) is 2.18. The zero-order chi connectivity index (χ0) is 8.72. The monoisotopic (exact) mass is 167 g/mol. The van der Waals surface area contributed by atoms with Crippen LogP contribution in [0.15, 0.2) is 0 Å². The fraction of sp³-hybridized carbons (Fsp3) is 0.900. The molecule has 2 bridgehead atoms. The Morgan fingerprint density at radius 2 is 1.92 bits per heavy atom. The van der Waals surface area contributed by atoms with Crippen LogP contribution in [0.5, 0.6) is 0 Å². The Kier molecular flexibility index (Phi) is 1.95. The quantitative estimate of drug-likeness (QED) is 0.589. The summed E-state index contributed by atoms with van der Waals surface area (Å²) in [6, 6.07) is 1.35. The maximum absolute atomic E-state index is 11.3. The lowest BCUT2D eigenvalue weighted by Gasteiger charge is -2.36. The van der Waals surface area contributed by atoms with E-state index in [1.165, 1.54) is 19.3 Å². The highest BCUT2D eigenvalue weighted by molar-refractivity contribution is 5.79. The van der Waals surface area contributed by atoms with Crippen molar-refractivity contribution in [2.75, 3.05) is 7.05 Å². The maximum atomic E-state index is 11.3. The summed E-state index contributed by atoms with van der Waals surface area (Å²) in [5.41, 5.74) is 0. The second-order valence-corrected chi connectivity index (χ2v) is 4.26. The van der Waals surface area contributed by atoms with Gasteiger partial charge in [0.2, 0.25) is 0 Å². The molecule has 2 fully saturated rings. The number of hydrogen-bond donors (Lipinski definition) is 0. The minimum absolute atomic E-state index is 0.341. The number of ketones is 1. The summed E-state index contributed by atoms with van der Waals surface area (Å²) in [5.74, 6) is 0.737. The van der Waals surface area contributed by atoms with E-state index in [0.717, 1.165) is 12.5 Å². The van der Waals surface area contributed by atoms with Crippen molar-refractivity contribution in [1.82, 2.24) is 4.90 Å². The second kappa shape index (κ2) is 2.84. The highest BCUT2D eigenvalue weighted by Crippen LogP contribution is 2.38. The molecule has 2 nitrogen and oxygen atoms in total. The van der Waals surface area contributed by atoms with Crippen LogP contribution in [0.4, 0.5) is 0 Å². The van der Waals surface area contributed by atoms with E-state index in [4.69, 9.17) is 0 Å². The predicted molar refractivity (Wildman–Crippen MR) is 48.0 cm³/mol. The van der Waals surface area contributed by atoms with Crippen LogP contribution in [0.1, 0.15) is 32.6 Å². The number of piperidine rings is 1. The fourth-order valence-electron chi connectivity index (χ4n) is 2.91. The number of rotatable bonds is 1. The molecule has 0 N–H and O–H groups in total. The van der Waals surface area contributed by atoms with Crippen molar-refractivity contribution < 1.29 is 4.79 Å². The summed E-state index contributed by atoms with van der Waals surface area (Å²) in [6.07, 6.45) is 4.92. The van der Waals surface area contributed by atoms with Gasteiger partial charge in [-0.2, -0.15) is 0 Å². The van der Waals surface area contributed by atoms with Gasteiger partial charge in [-0.25, -0.2) is 0 Å². The Morgan fingerprint density at radius 3 is 2.58 bits per heavy atom. The molecule has 0 aliphatic carbocycles. The predicted octanol–water partition coefficient (Wildman–Crippen LogP) is 1.45. The lowest BCUT2D eigenvalue weighted by Crippen LogP contribution is -2.44. The Hall–Kier alpha value is -0.370. The van der Waals surface area contributed by atoms with Gasteiger partial charge < -0.3 is 0 Å². The van der Waals surface area contributed by atoms with E-state index in [9.17, 15) is 4.79 Å². The molecule has 68 valence electrons. The molecule has 0 saturated carbocycles. The van der Waals surface area contributed by atoms with Gasteiger partial charge in [-0.15, -0.1) is 0 Å². The van der Waals surface area contributed by atoms with Gasteiger partial charge in [0.25, 0.3) is 0 Å². The molecule has 2 aliphatic rings. The molecule has 2 rings (SSSR count). The zero-order valence-corrected chi connectivity index (χ0v) is 7.92. The molecule has 2 aliphatic heterocycles. The Morgan fingerprint density at radius 1 is 1.25 bits per heavy atom. The first kappa shape index (κ1) is 8.24. The third-order valence-corrected chi connectivity index (χ3v) is 3.69. The molecular weight excluding hydrogens is 150 g/mol. The Bertz CT molecular complexity index is 202. The van der Waals surface area contributed by atoms with Gasteiger partial charge in [0.1, 0.15) is 5.78 Å². The van der Waals surface area contributed by atoms with Crippen molar-refractivity contribution in [2.45, 2.75) is 44.7 Å². The normalized spacial score (nSPS) is 41.7. The average molecular weight is 167 g/mol. The molecule has 2 heterocycles. The van der Waals surface area contributed by atoms with Crippen molar-refractivity contribution in [3.8, 4) is 0 Å². The van der Waals surface area contributed by atoms with Crippen LogP contribution in [0.3, 0.4) is 0 Å². The summed E-state index contributed by atoms with van der Waals surface area (Å²) in [5, 5.41) is 0. The van der Waals surface area contributed by atoms with Gasteiger partial charge in [0.05, 0.1) is 0 Å². The van der Waals surface area contributed by atoms with Crippen LogP contribution in [0, 0.1) is 5.92 Å². The lowest BCUT2D eigenvalue weighted by molar-refractivity contribution is -0.123. The van der Waals surface area contributed by atoms with Crippen LogP contribution in [-0.2, 0) is 4.79 Å². The van der Waals surface area contributed by atoms with Gasteiger partial charge in [0, 0.05) is 18.0 Å². The second-order valence-electron chi connectivity index (χ2n) is 4.26. The van der Waals surface area contributed by atoms with Gasteiger partial charge >= 0.3 is 0 Å². The van der Waals surface area contributed by atoms with E-state index in [-0.39, 0.29) is 0 Å². The van der Waals surface area contributed by atoms with Gasteiger partial charge in [-0.1, -0.05) is 0 Å². The molecule has 0 amide bonds. The van der Waals surface area contributed by atoms with E-state index in [2.05, 4.69) is 11.9 Å². The minimum Gasteiger partial charge on any atom is -0.300 e. The van der Waals surface area contributed by atoms with Crippen LogP contribution in [0.25, 0.3) is 0 Å². The first-order valence-corrected chi connectivity index (χ1v) is 4.92. The van der Waals surface area contributed by atoms with E-state index in [1.807, 2.05) is 0 Å². The SMILES string of the molecule is CC(=O)C1CCC2CCC1N2C. The summed E-state index contributed by atoms with van der Waals surface area (Å²) in [6.45, 7) is 1.75. The van der Waals surface area contributed by atoms with Crippen LogP contribution < -0.4 is 0 Å². The van der Waals surface area contributed by atoms with E-state index >= 15 is 0 Å². The van der Waals surface area contributed by atoms with Crippen molar-refractivity contribution in [3.05, 3.63) is 0 Å². The first-order chi connectivity index (χ1) is 5.70. The van der Waals surface area contributed by atoms with Crippen LogP contribution in [0.2, 0.25) is 0 Å². The third-order valence-electron chi connectivity index (χ3n) is 3.69. The Balaban J connectivity index is 2.14. The van der Waals surface area contributed by atoms with E-state index in [0.29, 0.717) is 17.7 Å². The maximum Gasteiger partial charge on any atom is 0.134 e. The summed E-state index contributed by atoms with van der Waals surface area (Å²) in [4.78, 5) is 13.7. The highest BCUT2D eigenvalue weighted by Gasteiger charge is 2.41. The minimum atomic E-state index is 0.341. The number of carbonyl (C=O) groups is 1. The molecule has 2 heteroatoms. The summed E-state index contributed by atoms with van der Waals surface area (Å²) < 4.78 is 0. The molecule has 3 unspecified atom stereocenters. The molecule has 12 heavy (non-hydrogen) atoms. The van der Waals surface area contributed by atoms with Crippen molar-refractivity contribution in [3.63, 3.8) is 0 Å². The lowest BCUT2D eigenvalue weighted by atomic mass is 9.88. The Labute approximate surface area is 73.9 Å². The fourth-order valence-corrected chi connectivity index (χ4v) is 2.91. The van der Waals surface area contributed by atoms with Gasteiger partial charge in [-0.05, 0) is 39.7 Å².